The molecule has 1 N–H and O–H groups in total. The Balaban J connectivity index is 2.23. The van der Waals surface area contributed by atoms with Gasteiger partial charge in [0.05, 0.1) is 6.21 Å². The second kappa shape index (κ2) is 4.23. The fourth-order valence-corrected chi connectivity index (χ4v) is 1.40. The highest BCUT2D eigenvalue weighted by Gasteiger charge is 1.99. The van der Waals surface area contributed by atoms with Crippen LogP contribution in [0, 0.1) is 13.8 Å². The van der Waals surface area contributed by atoms with Gasteiger partial charge in [-0.05, 0) is 43.7 Å². The Bertz CT molecular complexity index is 526. The summed E-state index contributed by atoms with van der Waals surface area (Å²) in [5.74, 6) is 1.70. The molecule has 0 saturated carbocycles. The van der Waals surface area contributed by atoms with E-state index >= 15 is 0 Å². The van der Waals surface area contributed by atoms with E-state index in [4.69, 9.17) is 4.42 Å². The Morgan fingerprint density at radius 1 is 1.19 bits per heavy atom. The molecule has 3 heteroatoms. The third-order valence-corrected chi connectivity index (χ3v) is 2.22. The monoisotopic (exact) mass is 215 g/mol. The second-order valence-corrected chi connectivity index (χ2v) is 3.70. The van der Waals surface area contributed by atoms with E-state index in [0.29, 0.717) is 11.4 Å². The topological polar surface area (TPSA) is 45.7 Å². The Hall–Kier alpha value is -2.03. The third kappa shape index (κ3) is 2.31. The summed E-state index contributed by atoms with van der Waals surface area (Å²) in [6.07, 6.45) is 1.59. The van der Waals surface area contributed by atoms with Gasteiger partial charge in [0.15, 0.2) is 0 Å². The molecular formula is C13H13NO2. The lowest BCUT2D eigenvalue weighted by Crippen LogP contribution is -1.76. The molecular weight excluding hydrogens is 202 g/mol. The van der Waals surface area contributed by atoms with Gasteiger partial charge in [-0.2, -0.15) is 0 Å². The van der Waals surface area contributed by atoms with Crippen LogP contribution in [0.3, 0.4) is 0 Å². The van der Waals surface area contributed by atoms with E-state index in [1.165, 1.54) is 0 Å². The number of hydrogen-bond acceptors (Lipinski definition) is 3. The molecule has 0 aliphatic rings. The van der Waals surface area contributed by atoms with Gasteiger partial charge in [-0.25, -0.2) is 4.99 Å². The maximum atomic E-state index is 9.63. The number of benzene rings is 1. The summed E-state index contributed by atoms with van der Waals surface area (Å²) in [5, 5.41) is 9.63. The van der Waals surface area contributed by atoms with Crippen molar-refractivity contribution in [3.8, 4) is 5.75 Å². The smallest absolute Gasteiger partial charge is 0.145 e. The van der Waals surface area contributed by atoms with Crippen LogP contribution in [0.2, 0.25) is 0 Å². The van der Waals surface area contributed by atoms with Gasteiger partial charge >= 0.3 is 0 Å². The van der Waals surface area contributed by atoms with Crippen molar-refractivity contribution in [1.29, 1.82) is 0 Å². The lowest BCUT2D eigenvalue weighted by Gasteiger charge is -1.98. The van der Waals surface area contributed by atoms with Crippen molar-refractivity contribution in [2.45, 2.75) is 13.8 Å². The number of phenolic OH excluding ortho intramolecular Hbond substituents is 1. The SMILES string of the molecule is Cc1ccc(N=Cc2ccc(C)o2)c(O)c1. The van der Waals surface area contributed by atoms with E-state index < -0.39 is 0 Å². The molecule has 0 amide bonds. The summed E-state index contributed by atoms with van der Waals surface area (Å²) in [4.78, 5) is 4.16. The number of phenols is 1. The lowest BCUT2D eigenvalue weighted by atomic mass is 10.2. The maximum absolute atomic E-state index is 9.63. The molecule has 0 aliphatic heterocycles. The predicted molar refractivity (Wildman–Crippen MR) is 63.5 cm³/mol. The summed E-state index contributed by atoms with van der Waals surface area (Å²) >= 11 is 0. The van der Waals surface area contributed by atoms with Gasteiger partial charge in [-0.1, -0.05) is 6.07 Å². The molecule has 0 radical (unpaired) electrons. The van der Waals surface area contributed by atoms with Crippen LogP contribution < -0.4 is 0 Å². The fraction of sp³-hybridized carbons (Fsp3) is 0.154. The molecule has 1 heterocycles. The largest absolute Gasteiger partial charge is 0.506 e. The van der Waals surface area contributed by atoms with Crippen LogP contribution in [0.5, 0.6) is 5.75 Å². The van der Waals surface area contributed by atoms with Crippen molar-refractivity contribution in [3.05, 3.63) is 47.4 Å². The molecule has 3 nitrogen and oxygen atoms in total. The zero-order valence-corrected chi connectivity index (χ0v) is 9.27. The molecule has 1 aromatic heterocycles. The average molecular weight is 215 g/mol. The van der Waals surface area contributed by atoms with E-state index in [0.717, 1.165) is 11.3 Å². The zero-order valence-electron chi connectivity index (χ0n) is 9.27. The molecule has 0 unspecified atom stereocenters. The van der Waals surface area contributed by atoms with E-state index in [1.807, 2.05) is 32.0 Å². The summed E-state index contributed by atoms with van der Waals surface area (Å²) in [5.41, 5.74) is 1.55. The average Bonchev–Trinajstić information content (AvgIpc) is 2.63. The van der Waals surface area contributed by atoms with Crippen LogP contribution >= 0.6 is 0 Å². The number of furan rings is 1. The molecule has 0 bridgehead atoms. The van der Waals surface area contributed by atoms with Crippen LogP contribution in [0.4, 0.5) is 5.69 Å². The Labute approximate surface area is 94.1 Å². The van der Waals surface area contributed by atoms with Crippen molar-refractivity contribution in [2.75, 3.05) is 0 Å². The van der Waals surface area contributed by atoms with Crippen molar-refractivity contribution >= 4 is 11.9 Å². The molecule has 0 spiro atoms. The molecule has 2 rings (SSSR count). The van der Waals surface area contributed by atoms with E-state index in [2.05, 4.69) is 4.99 Å². The molecule has 1 aromatic carbocycles. The molecule has 2 aromatic rings. The molecule has 0 aliphatic carbocycles. The number of aliphatic imine (C=N–C) groups is 1. The van der Waals surface area contributed by atoms with Crippen molar-refractivity contribution in [1.82, 2.24) is 0 Å². The van der Waals surface area contributed by atoms with Crippen LogP contribution in [0.25, 0.3) is 0 Å². The number of aryl methyl sites for hydroxylation is 2. The first-order valence-corrected chi connectivity index (χ1v) is 5.05. The first-order valence-electron chi connectivity index (χ1n) is 5.05. The van der Waals surface area contributed by atoms with E-state index in [9.17, 15) is 5.11 Å². The second-order valence-electron chi connectivity index (χ2n) is 3.70. The van der Waals surface area contributed by atoms with Crippen LogP contribution in [-0.2, 0) is 0 Å². The minimum absolute atomic E-state index is 0.180. The van der Waals surface area contributed by atoms with Gasteiger partial charge in [0.2, 0.25) is 0 Å². The summed E-state index contributed by atoms with van der Waals surface area (Å²) < 4.78 is 5.34. The number of rotatable bonds is 2. The van der Waals surface area contributed by atoms with Gasteiger partial charge in [0, 0.05) is 0 Å². The first-order chi connectivity index (χ1) is 7.65. The van der Waals surface area contributed by atoms with Gasteiger partial charge in [-0.3, -0.25) is 0 Å². The van der Waals surface area contributed by atoms with Crippen LogP contribution in [0.15, 0.2) is 39.7 Å². The summed E-state index contributed by atoms with van der Waals surface area (Å²) in [6.45, 7) is 3.80. The van der Waals surface area contributed by atoms with Gasteiger partial charge < -0.3 is 9.52 Å². The van der Waals surface area contributed by atoms with Crippen LogP contribution in [-0.4, -0.2) is 11.3 Å². The number of aromatic hydroxyl groups is 1. The maximum Gasteiger partial charge on any atom is 0.145 e. The highest BCUT2D eigenvalue weighted by Crippen LogP contribution is 2.26. The van der Waals surface area contributed by atoms with Crippen molar-refractivity contribution < 1.29 is 9.52 Å². The first kappa shape index (κ1) is 10.5. The molecule has 0 fully saturated rings. The van der Waals surface area contributed by atoms with Crippen LogP contribution in [0.1, 0.15) is 17.1 Å². The van der Waals surface area contributed by atoms with Gasteiger partial charge in [0.25, 0.3) is 0 Å². The lowest BCUT2D eigenvalue weighted by molar-refractivity contribution is 0.476. The van der Waals surface area contributed by atoms with Gasteiger partial charge in [0.1, 0.15) is 23.0 Å². The summed E-state index contributed by atoms with van der Waals surface area (Å²) in [7, 11) is 0. The third-order valence-electron chi connectivity index (χ3n) is 2.22. The highest BCUT2D eigenvalue weighted by molar-refractivity contribution is 5.79. The standard InChI is InChI=1S/C13H13NO2/c1-9-3-6-12(13(15)7-9)14-8-11-5-4-10(2)16-11/h3-8,15H,1-2H3. The molecule has 0 saturated heterocycles. The normalized spacial score (nSPS) is 11.1. The minimum Gasteiger partial charge on any atom is -0.506 e. The summed E-state index contributed by atoms with van der Waals surface area (Å²) in [6, 6.07) is 9.07. The van der Waals surface area contributed by atoms with E-state index in [-0.39, 0.29) is 5.75 Å². The minimum atomic E-state index is 0.180. The highest BCUT2D eigenvalue weighted by atomic mass is 16.3. The zero-order chi connectivity index (χ0) is 11.5. The Kier molecular flexibility index (Phi) is 2.77. The molecule has 0 atom stereocenters. The van der Waals surface area contributed by atoms with Crippen molar-refractivity contribution in [3.63, 3.8) is 0 Å². The fourth-order valence-electron chi connectivity index (χ4n) is 1.40. The molecule has 16 heavy (non-hydrogen) atoms. The van der Waals surface area contributed by atoms with E-state index in [1.54, 1.807) is 18.3 Å². The number of nitrogens with zero attached hydrogens (tertiary/aromatic N) is 1. The predicted octanol–water partition coefficient (Wildman–Crippen LogP) is 3.35. The molecule has 82 valence electrons. The van der Waals surface area contributed by atoms with Crippen molar-refractivity contribution in [2.24, 2.45) is 4.99 Å². The quantitative estimate of drug-likeness (QED) is 0.781. The number of hydrogen-bond donors (Lipinski definition) is 1. The Morgan fingerprint density at radius 3 is 2.62 bits per heavy atom. The Morgan fingerprint density at radius 2 is 2.00 bits per heavy atom. The van der Waals surface area contributed by atoms with Gasteiger partial charge in [-0.15, -0.1) is 0 Å².